The van der Waals surface area contributed by atoms with Crippen molar-refractivity contribution in [2.75, 3.05) is 13.1 Å². The second kappa shape index (κ2) is 6.92. The van der Waals surface area contributed by atoms with Gasteiger partial charge in [-0.15, -0.1) is 12.4 Å². The van der Waals surface area contributed by atoms with Crippen LogP contribution in [0, 0.1) is 0 Å². The summed E-state index contributed by atoms with van der Waals surface area (Å²) in [6.45, 7) is 5.47. The summed E-state index contributed by atoms with van der Waals surface area (Å²) in [5.74, 6) is 0.171. The molecule has 1 aromatic carbocycles. The van der Waals surface area contributed by atoms with Crippen LogP contribution in [-0.2, 0) is 10.2 Å². The van der Waals surface area contributed by atoms with Crippen LogP contribution in [0.2, 0.25) is 0 Å². The number of carbonyl (C=O) groups is 1. The molecule has 1 amide bonds. The minimum absolute atomic E-state index is 0. The third kappa shape index (κ3) is 3.74. The first kappa shape index (κ1) is 17.5. The molecule has 1 aliphatic rings. The van der Waals surface area contributed by atoms with Crippen molar-refractivity contribution in [1.82, 2.24) is 4.90 Å². The van der Waals surface area contributed by atoms with Crippen LogP contribution in [0.1, 0.15) is 32.3 Å². The molecule has 0 bridgehead atoms. The number of benzene rings is 1. The van der Waals surface area contributed by atoms with Gasteiger partial charge in [-0.25, -0.2) is 0 Å². The Balaban J connectivity index is 0.00000200. The zero-order valence-corrected chi connectivity index (χ0v) is 14.3. The highest BCUT2D eigenvalue weighted by molar-refractivity contribution is 9.10. The molecule has 0 aliphatic carbocycles. The number of nitrogens with two attached hydrogens (primary N) is 1. The van der Waals surface area contributed by atoms with E-state index >= 15 is 0 Å². The van der Waals surface area contributed by atoms with Crippen molar-refractivity contribution < 1.29 is 4.79 Å². The number of likely N-dealkylation sites (tertiary alicyclic amines) is 1. The molecule has 20 heavy (non-hydrogen) atoms. The summed E-state index contributed by atoms with van der Waals surface area (Å²) in [6.07, 6.45) is 2.02. The van der Waals surface area contributed by atoms with Gasteiger partial charge in [-0.3, -0.25) is 4.79 Å². The Hall–Kier alpha value is -0.580. The predicted molar refractivity (Wildman–Crippen MR) is 88.2 cm³/mol. The monoisotopic (exact) mass is 360 g/mol. The molecule has 3 nitrogen and oxygen atoms in total. The Labute approximate surface area is 135 Å². The minimum Gasteiger partial charge on any atom is -0.340 e. The van der Waals surface area contributed by atoms with E-state index in [1.165, 1.54) is 0 Å². The predicted octanol–water partition coefficient (Wildman–Crippen LogP) is 3.10. The molecule has 1 fully saturated rings. The zero-order valence-electron chi connectivity index (χ0n) is 11.9. The Kier molecular flexibility index (Phi) is 6.05. The number of amides is 1. The topological polar surface area (TPSA) is 46.3 Å². The highest BCUT2D eigenvalue weighted by atomic mass is 79.9. The molecule has 112 valence electrons. The molecule has 0 radical (unpaired) electrons. The second-order valence-corrected chi connectivity index (χ2v) is 6.70. The normalized spacial score (nSPS) is 19.4. The molecular formula is C15H22BrClN2O. The Bertz CT molecular complexity index is 461. The third-order valence-electron chi connectivity index (χ3n) is 3.85. The van der Waals surface area contributed by atoms with Crippen LogP contribution in [0.3, 0.4) is 0 Å². The highest BCUT2D eigenvalue weighted by Crippen LogP contribution is 2.28. The summed E-state index contributed by atoms with van der Waals surface area (Å²) >= 11 is 3.42. The van der Waals surface area contributed by atoms with Gasteiger partial charge in [0.1, 0.15) is 0 Å². The van der Waals surface area contributed by atoms with E-state index in [1.54, 1.807) is 0 Å². The van der Waals surface area contributed by atoms with Gasteiger partial charge in [-0.2, -0.15) is 0 Å². The van der Waals surface area contributed by atoms with Crippen molar-refractivity contribution >= 4 is 34.2 Å². The summed E-state index contributed by atoms with van der Waals surface area (Å²) < 4.78 is 1.03. The van der Waals surface area contributed by atoms with Gasteiger partial charge in [0.15, 0.2) is 0 Å². The third-order valence-corrected chi connectivity index (χ3v) is 4.37. The maximum atomic E-state index is 12.7. The Morgan fingerprint density at radius 1 is 1.35 bits per heavy atom. The first-order chi connectivity index (χ1) is 8.91. The molecular weight excluding hydrogens is 340 g/mol. The van der Waals surface area contributed by atoms with Crippen LogP contribution in [-0.4, -0.2) is 29.9 Å². The lowest BCUT2D eigenvalue weighted by Crippen LogP contribution is -2.51. The summed E-state index contributed by atoms with van der Waals surface area (Å²) in [4.78, 5) is 14.6. The van der Waals surface area contributed by atoms with E-state index in [0.29, 0.717) is 6.54 Å². The fourth-order valence-corrected chi connectivity index (χ4v) is 2.84. The number of rotatable bonds is 2. The summed E-state index contributed by atoms with van der Waals surface area (Å²) in [5.41, 5.74) is 6.50. The highest BCUT2D eigenvalue weighted by Gasteiger charge is 2.35. The average molecular weight is 362 g/mol. The van der Waals surface area contributed by atoms with E-state index in [9.17, 15) is 4.79 Å². The molecule has 1 aliphatic heterocycles. The van der Waals surface area contributed by atoms with Gasteiger partial charge in [-0.1, -0.05) is 28.1 Å². The molecule has 5 heteroatoms. The molecule has 2 N–H and O–H groups in total. The summed E-state index contributed by atoms with van der Waals surface area (Å²) in [7, 11) is 0. The summed E-state index contributed by atoms with van der Waals surface area (Å²) in [5, 5.41) is 0. The van der Waals surface area contributed by atoms with Crippen LogP contribution in [0.4, 0.5) is 0 Å². The number of halogens is 2. The molecule has 1 unspecified atom stereocenters. The van der Waals surface area contributed by atoms with Gasteiger partial charge >= 0.3 is 0 Å². The van der Waals surface area contributed by atoms with Gasteiger partial charge in [0.2, 0.25) is 5.91 Å². The van der Waals surface area contributed by atoms with Gasteiger partial charge in [-0.05, 0) is 44.4 Å². The number of carbonyl (C=O) groups excluding carboxylic acids is 1. The maximum Gasteiger partial charge on any atom is 0.232 e. The molecule has 1 atom stereocenters. The van der Waals surface area contributed by atoms with E-state index in [-0.39, 0.29) is 24.4 Å². The van der Waals surface area contributed by atoms with E-state index in [1.807, 2.05) is 43.0 Å². The molecule has 1 heterocycles. The fourth-order valence-electron chi connectivity index (χ4n) is 2.58. The van der Waals surface area contributed by atoms with E-state index in [2.05, 4.69) is 15.9 Å². The van der Waals surface area contributed by atoms with Gasteiger partial charge < -0.3 is 10.6 Å². The molecule has 0 saturated carbocycles. The van der Waals surface area contributed by atoms with Crippen molar-refractivity contribution in [3.63, 3.8) is 0 Å². The quantitative estimate of drug-likeness (QED) is 0.880. The zero-order chi connectivity index (χ0) is 14.0. The number of nitrogens with zero attached hydrogens (tertiary/aromatic N) is 1. The number of piperidine rings is 1. The van der Waals surface area contributed by atoms with Crippen molar-refractivity contribution in [2.24, 2.45) is 5.73 Å². The van der Waals surface area contributed by atoms with Crippen LogP contribution < -0.4 is 5.73 Å². The molecule has 1 saturated heterocycles. The standard InChI is InChI=1S/C15H21BrN2O.ClH/c1-15(2,11-5-7-12(16)8-6-11)14(19)18-9-3-4-13(17)10-18;/h5-8,13H,3-4,9-10,17H2,1-2H3;1H. The van der Waals surface area contributed by atoms with Gasteiger partial charge in [0, 0.05) is 23.6 Å². The molecule has 2 rings (SSSR count). The smallest absolute Gasteiger partial charge is 0.232 e. The lowest BCUT2D eigenvalue weighted by atomic mass is 9.82. The Morgan fingerprint density at radius 3 is 2.50 bits per heavy atom. The van der Waals surface area contributed by atoms with Crippen LogP contribution in [0.5, 0.6) is 0 Å². The summed E-state index contributed by atoms with van der Waals surface area (Å²) in [6, 6.07) is 8.09. The minimum atomic E-state index is -0.502. The van der Waals surface area contributed by atoms with E-state index in [0.717, 1.165) is 29.4 Å². The van der Waals surface area contributed by atoms with Crippen molar-refractivity contribution in [3.8, 4) is 0 Å². The van der Waals surface area contributed by atoms with Gasteiger partial charge in [0.25, 0.3) is 0 Å². The van der Waals surface area contributed by atoms with E-state index < -0.39 is 5.41 Å². The largest absolute Gasteiger partial charge is 0.340 e. The molecule has 0 aromatic heterocycles. The van der Waals surface area contributed by atoms with Crippen molar-refractivity contribution in [1.29, 1.82) is 0 Å². The fraction of sp³-hybridized carbons (Fsp3) is 0.533. The van der Waals surface area contributed by atoms with Crippen LogP contribution >= 0.6 is 28.3 Å². The maximum absolute atomic E-state index is 12.7. The number of hydrogen-bond donors (Lipinski definition) is 1. The molecule has 1 aromatic rings. The molecule has 0 spiro atoms. The van der Waals surface area contributed by atoms with E-state index in [4.69, 9.17) is 5.73 Å². The Morgan fingerprint density at radius 2 is 1.95 bits per heavy atom. The number of hydrogen-bond acceptors (Lipinski definition) is 2. The van der Waals surface area contributed by atoms with Crippen LogP contribution in [0.15, 0.2) is 28.7 Å². The van der Waals surface area contributed by atoms with Gasteiger partial charge in [0.05, 0.1) is 5.41 Å². The first-order valence-corrected chi connectivity index (χ1v) is 7.51. The lowest BCUT2D eigenvalue weighted by Gasteiger charge is -2.36. The van der Waals surface area contributed by atoms with Crippen molar-refractivity contribution in [2.45, 2.75) is 38.1 Å². The first-order valence-electron chi connectivity index (χ1n) is 6.72. The second-order valence-electron chi connectivity index (χ2n) is 5.79. The SMILES string of the molecule is CC(C)(C(=O)N1CCCC(N)C1)c1ccc(Br)cc1.Cl. The van der Waals surface area contributed by atoms with Crippen molar-refractivity contribution in [3.05, 3.63) is 34.3 Å². The lowest BCUT2D eigenvalue weighted by molar-refractivity contribution is -0.137. The van der Waals surface area contributed by atoms with Crippen LogP contribution in [0.25, 0.3) is 0 Å². The average Bonchev–Trinajstić information content (AvgIpc) is 2.38.